The zero-order valence-corrected chi connectivity index (χ0v) is 32.2. The Hall–Kier alpha value is -7.20. The molecule has 0 atom stereocenters. The highest BCUT2D eigenvalue weighted by Crippen LogP contribution is 2.42. The van der Waals surface area contributed by atoms with Crippen molar-refractivity contribution >= 4 is 72.4 Å². The molecule has 0 spiro atoms. The lowest BCUT2D eigenvalue weighted by Crippen LogP contribution is -2.72. The molecule has 0 bridgehead atoms. The lowest BCUT2D eigenvalue weighted by molar-refractivity contribution is 1.15. The molecule has 3 heterocycles. The van der Waals surface area contributed by atoms with Gasteiger partial charge in [0.05, 0.1) is 22.1 Å². The first-order chi connectivity index (χ1) is 28.3. The van der Waals surface area contributed by atoms with Crippen LogP contribution in [0.4, 0.5) is 0 Å². The fourth-order valence-corrected chi connectivity index (χ4v) is 15.3. The summed E-state index contributed by atoms with van der Waals surface area (Å²) in [4.78, 5) is 0. The number of benzene rings is 9. The summed E-state index contributed by atoms with van der Waals surface area (Å²) in [6.07, 6.45) is 0. The average molecular weight is 741 g/mol. The van der Waals surface area contributed by atoms with Crippen molar-refractivity contribution in [3.8, 4) is 33.6 Å². The highest BCUT2D eigenvalue weighted by Gasteiger charge is 2.48. The van der Waals surface area contributed by atoms with Gasteiger partial charge in [-0.1, -0.05) is 182 Å². The Balaban J connectivity index is 1.07. The smallest absolute Gasteiger partial charge is 0.180 e. The molecule has 3 heteroatoms. The molecule has 0 N–H and O–H groups in total. The first kappa shape index (κ1) is 32.1. The van der Waals surface area contributed by atoms with Crippen LogP contribution in [-0.2, 0) is 0 Å². The van der Waals surface area contributed by atoms with Crippen LogP contribution >= 0.6 is 0 Å². The van der Waals surface area contributed by atoms with Crippen molar-refractivity contribution < 1.29 is 0 Å². The predicted octanol–water partition coefficient (Wildman–Crippen LogP) is 10.9. The molecule has 1 aliphatic heterocycles. The number of fused-ring (bicyclic) bond motifs is 10. The first-order valence-corrected chi connectivity index (χ1v) is 21.8. The van der Waals surface area contributed by atoms with Crippen LogP contribution in [0.1, 0.15) is 0 Å². The quantitative estimate of drug-likeness (QED) is 0.156. The van der Waals surface area contributed by atoms with Crippen LogP contribution in [-0.4, -0.2) is 17.2 Å². The molecule has 266 valence electrons. The van der Waals surface area contributed by atoms with E-state index in [2.05, 4.69) is 228 Å². The van der Waals surface area contributed by atoms with Gasteiger partial charge in [-0.15, -0.1) is 0 Å². The van der Waals surface area contributed by atoms with Gasteiger partial charge in [0, 0.05) is 32.9 Å². The molecule has 12 rings (SSSR count). The first-order valence-electron chi connectivity index (χ1n) is 19.8. The summed E-state index contributed by atoms with van der Waals surface area (Å²) in [6.45, 7) is 0. The van der Waals surface area contributed by atoms with Crippen molar-refractivity contribution in [2.24, 2.45) is 0 Å². The third-order valence-corrected chi connectivity index (χ3v) is 17.3. The largest absolute Gasteiger partial charge is 0.307 e. The van der Waals surface area contributed by atoms with Gasteiger partial charge < -0.3 is 9.13 Å². The van der Waals surface area contributed by atoms with E-state index >= 15 is 0 Å². The summed E-state index contributed by atoms with van der Waals surface area (Å²) in [5.41, 5.74) is 12.3. The summed E-state index contributed by atoms with van der Waals surface area (Å²) in [7, 11) is -2.59. The monoisotopic (exact) mass is 740 g/mol. The van der Waals surface area contributed by atoms with Gasteiger partial charge in [0.15, 0.2) is 8.07 Å². The number of aromatic nitrogens is 2. The van der Waals surface area contributed by atoms with Gasteiger partial charge in [0.1, 0.15) is 0 Å². The minimum atomic E-state index is -2.59. The second-order valence-corrected chi connectivity index (χ2v) is 19.0. The fourth-order valence-electron chi connectivity index (χ4n) is 10.0. The summed E-state index contributed by atoms with van der Waals surface area (Å²) >= 11 is 0. The Morgan fingerprint density at radius 1 is 0.298 bits per heavy atom. The molecule has 0 fully saturated rings. The summed E-state index contributed by atoms with van der Waals surface area (Å²) in [5, 5.41) is 10.8. The lowest BCUT2D eigenvalue weighted by Gasteiger charge is -2.31. The minimum absolute atomic E-state index is 1.15. The Kier molecular flexibility index (Phi) is 6.98. The Morgan fingerprint density at radius 3 is 1.35 bits per heavy atom. The second-order valence-electron chi connectivity index (χ2n) is 15.2. The summed E-state index contributed by atoms with van der Waals surface area (Å²) in [5.74, 6) is 0. The van der Waals surface area contributed by atoms with E-state index in [9.17, 15) is 0 Å². The number of hydrogen-bond donors (Lipinski definition) is 0. The van der Waals surface area contributed by atoms with E-state index in [1.165, 1.54) is 86.6 Å². The predicted molar refractivity (Wildman–Crippen MR) is 243 cm³/mol. The van der Waals surface area contributed by atoms with E-state index in [0.29, 0.717) is 0 Å². The highest BCUT2D eigenvalue weighted by atomic mass is 28.3. The fraction of sp³-hybridized carbons (Fsp3) is 0. The van der Waals surface area contributed by atoms with Gasteiger partial charge in [0.25, 0.3) is 0 Å². The Morgan fingerprint density at radius 2 is 0.754 bits per heavy atom. The molecule has 11 aromatic rings. The van der Waals surface area contributed by atoms with Crippen molar-refractivity contribution in [1.82, 2.24) is 9.13 Å². The van der Waals surface area contributed by atoms with E-state index in [4.69, 9.17) is 0 Å². The molecule has 57 heavy (non-hydrogen) atoms. The third-order valence-electron chi connectivity index (χ3n) is 12.4. The van der Waals surface area contributed by atoms with Crippen LogP contribution in [0.25, 0.3) is 77.2 Å². The van der Waals surface area contributed by atoms with Crippen molar-refractivity contribution in [2.75, 3.05) is 0 Å². The van der Waals surface area contributed by atoms with Crippen molar-refractivity contribution in [1.29, 1.82) is 0 Å². The molecule has 2 aromatic heterocycles. The summed E-state index contributed by atoms with van der Waals surface area (Å²) < 4.78 is 4.94. The van der Waals surface area contributed by atoms with Gasteiger partial charge in [0.2, 0.25) is 0 Å². The Bertz CT molecular complexity index is 3280. The molecule has 0 amide bonds. The highest BCUT2D eigenvalue weighted by molar-refractivity contribution is 7.22. The standard InChI is InChI=1S/C54H36N2Si/c1-4-16-39(17-5-1)55-49-25-13-10-22-43(49)47-34-35-48-44-23-11-14-26-50(44)56(54(48)53(47)55)40-31-28-37(29-32-40)38-30-33-46-45-24-12-15-27-51(45)57(52(46)36-38,41-18-6-2-7-19-41)42-20-8-3-9-21-42/h1-36H. The summed E-state index contributed by atoms with van der Waals surface area (Å²) in [6, 6.07) is 81.2. The second kappa shape index (κ2) is 12.4. The molecule has 2 nitrogen and oxygen atoms in total. The van der Waals surface area contributed by atoms with Crippen LogP contribution < -0.4 is 20.7 Å². The SMILES string of the molecule is c1ccc(-n2c3ccccc3c3ccc4c5ccccc5n(-c5ccc(-c6ccc7c(c6)[Si](c6ccccc6)(c6ccccc6)c6ccccc6-7)cc5)c4c32)cc1. The number of para-hydroxylation sites is 3. The number of rotatable bonds is 5. The lowest BCUT2D eigenvalue weighted by atomic mass is 10.0. The molecular weight excluding hydrogens is 705 g/mol. The maximum atomic E-state index is 2.51. The van der Waals surface area contributed by atoms with Crippen molar-refractivity contribution in [2.45, 2.75) is 0 Å². The zero-order valence-electron chi connectivity index (χ0n) is 31.2. The van der Waals surface area contributed by atoms with Gasteiger partial charge in [-0.2, -0.15) is 0 Å². The van der Waals surface area contributed by atoms with E-state index in [1.807, 2.05) is 0 Å². The third kappa shape index (κ3) is 4.52. The van der Waals surface area contributed by atoms with Crippen molar-refractivity contribution in [3.63, 3.8) is 0 Å². The van der Waals surface area contributed by atoms with Gasteiger partial charge in [-0.3, -0.25) is 0 Å². The molecule has 9 aromatic carbocycles. The Labute approximate surface area is 332 Å². The maximum Gasteiger partial charge on any atom is 0.180 e. The molecule has 0 radical (unpaired) electrons. The van der Waals surface area contributed by atoms with E-state index in [0.717, 1.165) is 11.4 Å². The van der Waals surface area contributed by atoms with Crippen LogP contribution in [0.3, 0.4) is 0 Å². The van der Waals surface area contributed by atoms with Gasteiger partial charge >= 0.3 is 0 Å². The topological polar surface area (TPSA) is 9.86 Å². The molecule has 0 aliphatic carbocycles. The number of nitrogens with zero attached hydrogens (tertiary/aromatic N) is 2. The number of hydrogen-bond acceptors (Lipinski definition) is 0. The molecule has 0 saturated carbocycles. The normalized spacial score (nSPS) is 13.1. The zero-order chi connectivity index (χ0) is 37.5. The molecule has 1 aliphatic rings. The molecular formula is C54H36N2Si. The van der Waals surface area contributed by atoms with E-state index in [-0.39, 0.29) is 0 Å². The van der Waals surface area contributed by atoms with Gasteiger partial charge in [-0.05, 0) is 79.4 Å². The minimum Gasteiger partial charge on any atom is -0.307 e. The van der Waals surface area contributed by atoms with Gasteiger partial charge in [-0.25, -0.2) is 0 Å². The van der Waals surface area contributed by atoms with Crippen molar-refractivity contribution in [3.05, 3.63) is 218 Å². The van der Waals surface area contributed by atoms with Crippen LogP contribution in [0.2, 0.25) is 0 Å². The van der Waals surface area contributed by atoms with Crippen LogP contribution in [0.5, 0.6) is 0 Å². The maximum absolute atomic E-state index is 2.59. The van der Waals surface area contributed by atoms with Crippen LogP contribution in [0, 0.1) is 0 Å². The molecule has 0 unspecified atom stereocenters. The molecule has 0 saturated heterocycles. The van der Waals surface area contributed by atoms with Crippen LogP contribution in [0.15, 0.2) is 218 Å². The van der Waals surface area contributed by atoms with E-state index in [1.54, 1.807) is 0 Å². The average Bonchev–Trinajstić information content (AvgIpc) is 3.92. The van der Waals surface area contributed by atoms with E-state index < -0.39 is 8.07 Å².